The summed E-state index contributed by atoms with van der Waals surface area (Å²) >= 11 is 6.04. The summed E-state index contributed by atoms with van der Waals surface area (Å²) in [5, 5.41) is 0.683. The van der Waals surface area contributed by atoms with Gasteiger partial charge in [0.05, 0.1) is 0 Å². The molecule has 0 radical (unpaired) electrons. The van der Waals surface area contributed by atoms with Crippen molar-refractivity contribution >= 4 is 11.6 Å². The van der Waals surface area contributed by atoms with Crippen LogP contribution < -0.4 is 0 Å². The summed E-state index contributed by atoms with van der Waals surface area (Å²) in [5.74, 6) is 0. The molecule has 0 saturated heterocycles. The molecule has 0 aliphatic rings. The Hall–Kier alpha value is -0.750. The number of hydrogen-bond acceptors (Lipinski definition) is 0. The van der Waals surface area contributed by atoms with Crippen LogP contribution in [0, 0.1) is 0 Å². The predicted molar refractivity (Wildman–Crippen MR) is 61.9 cm³/mol. The number of hydrogen-bond donors (Lipinski definition) is 0. The van der Waals surface area contributed by atoms with E-state index in [0.29, 0.717) is 5.03 Å². The molecular weight excluding hydrogens is 180 g/mol. The number of allylic oxidation sites excluding steroid dienone is 6. The Morgan fingerprint density at radius 3 is 2.31 bits per heavy atom. The molecule has 0 aromatic carbocycles. The van der Waals surface area contributed by atoms with Crippen molar-refractivity contribution in [2.75, 3.05) is 0 Å². The van der Waals surface area contributed by atoms with Gasteiger partial charge >= 0.3 is 0 Å². The van der Waals surface area contributed by atoms with Crippen molar-refractivity contribution in [1.82, 2.24) is 0 Å². The fraction of sp³-hybridized carbons (Fsp3) is 0.333. The van der Waals surface area contributed by atoms with Crippen molar-refractivity contribution < 1.29 is 0 Å². The Morgan fingerprint density at radius 1 is 1.46 bits per heavy atom. The van der Waals surface area contributed by atoms with Crippen molar-refractivity contribution in [3.8, 4) is 0 Å². The molecule has 0 nitrogen and oxygen atoms in total. The second-order valence-electron chi connectivity index (χ2n) is 2.86. The first-order valence-corrected chi connectivity index (χ1v) is 4.79. The SMILES string of the molecule is C=C/C(Cl)=C(C(=C)CC)\C(C)=C/C. The molecule has 0 spiro atoms. The summed E-state index contributed by atoms with van der Waals surface area (Å²) in [7, 11) is 0. The highest BCUT2D eigenvalue weighted by Crippen LogP contribution is 2.26. The van der Waals surface area contributed by atoms with Gasteiger partial charge in [0.1, 0.15) is 0 Å². The van der Waals surface area contributed by atoms with Gasteiger partial charge in [0, 0.05) is 5.03 Å². The van der Waals surface area contributed by atoms with E-state index in [1.807, 2.05) is 19.9 Å². The van der Waals surface area contributed by atoms with Gasteiger partial charge in [-0.1, -0.05) is 43.8 Å². The van der Waals surface area contributed by atoms with Crippen molar-refractivity contribution in [2.45, 2.75) is 27.2 Å². The first-order chi connectivity index (χ1) is 6.08. The van der Waals surface area contributed by atoms with Crippen molar-refractivity contribution in [3.63, 3.8) is 0 Å². The average Bonchev–Trinajstić information content (AvgIpc) is 2.16. The monoisotopic (exact) mass is 196 g/mol. The van der Waals surface area contributed by atoms with E-state index in [-0.39, 0.29) is 0 Å². The molecule has 0 saturated carbocycles. The van der Waals surface area contributed by atoms with Crippen molar-refractivity contribution in [3.05, 3.63) is 47.1 Å². The second-order valence-corrected chi connectivity index (χ2v) is 3.26. The second kappa shape index (κ2) is 5.82. The van der Waals surface area contributed by atoms with Gasteiger partial charge in [-0.15, -0.1) is 0 Å². The highest BCUT2D eigenvalue weighted by Gasteiger charge is 2.06. The molecule has 0 unspecified atom stereocenters. The van der Waals surface area contributed by atoms with Crippen LogP contribution in [-0.2, 0) is 0 Å². The van der Waals surface area contributed by atoms with Crippen LogP contribution in [0.25, 0.3) is 0 Å². The van der Waals surface area contributed by atoms with Gasteiger partial charge in [0.2, 0.25) is 0 Å². The van der Waals surface area contributed by atoms with Crippen LogP contribution in [0.3, 0.4) is 0 Å². The fourth-order valence-corrected chi connectivity index (χ4v) is 1.34. The maximum atomic E-state index is 6.04. The molecule has 0 rings (SSSR count). The van der Waals surface area contributed by atoms with Gasteiger partial charge in [-0.3, -0.25) is 0 Å². The van der Waals surface area contributed by atoms with Crippen molar-refractivity contribution in [1.29, 1.82) is 0 Å². The molecule has 0 aromatic heterocycles. The third-order valence-electron chi connectivity index (χ3n) is 2.03. The average molecular weight is 197 g/mol. The molecule has 13 heavy (non-hydrogen) atoms. The third kappa shape index (κ3) is 3.23. The summed E-state index contributed by atoms with van der Waals surface area (Å²) < 4.78 is 0. The highest BCUT2D eigenvalue weighted by molar-refractivity contribution is 6.32. The van der Waals surface area contributed by atoms with E-state index < -0.39 is 0 Å². The summed E-state index contributed by atoms with van der Waals surface area (Å²) in [5.41, 5.74) is 3.24. The van der Waals surface area contributed by atoms with Crippen LogP contribution in [0.1, 0.15) is 27.2 Å². The first-order valence-electron chi connectivity index (χ1n) is 4.42. The fourth-order valence-electron chi connectivity index (χ4n) is 1.06. The summed E-state index contributed by atoms with van der Waals surface area (Å²) in [4.78, 5) is 0. The molecule has 0 amide bonds. The van der Waals surface area contributed by atoms with E-state index in [2.05, 4.69) is 20.1 Å². The highest BCUT2D eigenvalue weighted by atomic mass is 35.5. The number of halogens is 1. The lowest BCUT2D eigenvalue weighted by Crippen LogP contribution is -1.91. The Morgan fingerprint density at radius 2 is 2.00 bits per heavy atom. The van der Waals surface area contributed by atoms with Gasteiger partial charge in [-0.05, 0) is 37.0 Å². The van der Waals surface area contributed by atoms with Crippen LogP contribution in [0.5, 0.6) is 0 Å². The molecule has 0 aromatic rings. The molecule has 0 atom stereocenters. The lowest BCUT2D eigenvalue weighted by atomic mass is 9.97. The molecule has 0 fully saturated rings. The summed E-state index contributed by atoms with van der Waals surface area (Å²) in [6.07, 6.45) is 4.59. The molecule has 72 valence electrons. The minimum absolute atomic E-state index is 0.683. The van der Waals surface area contributed by atoms with Crippen LogP contribution >= 0.6 is 11.6 Å². The van der Waals surface area contributed by atoms with Gasteiger partial charge in [-0.25, -0.2) is 0 Å². The van der Waals surface area contributed by atoms with Crippen molar-refractivity contribution in [2.24, 2.45) is 0 Å². The summed E-state index contributed by atoms with van der Waals surface area (Å²) in [6, 6.07) is 0. The molecule has 0 heterocycles. The Balaban J connectivity index is 5.22. The quantitative estimate of drug-likeness (QED) is 0.577. The van der Waals surface area contributed by atoms with Crippen LogP contribution in [0.2, 0.25) is 0 Å². The zero-order chi connectivity index (χ0) is 10.4. The van der Waals surface area contributed by atoms with Gasteiger partial charge in [0.15, 0.2) is 0 Å². The molecule has 1 heteroatoms. The minimum Gasteiger partial charge on any atom is -0.0976 e. The van der Waals surface area contributed by atoms with Crippen LogP contribution in [-0.4, -0.2) is 0 Å². The standard InChI is InChI=1S/C12H17Cl/c1-6-9(4)12(10(5)7-2)11(13)8-3/h7-8H,3-4,6H2,1-2,5H3/b10-7-,12-11+. The molecule has 0 N–H and O–H groups in total. The number of rotatable bonds is 4. The van der Waals surface area contributed by atoms with Gasteiger partial charge in [0.25, 0.3) is 0 Å². The molecule has 0 aliphatic heterocycles. The maximum Gasteiger partial charge on any atom is 0.0477 e. The molecule has 0 aliphatic carbocycles. The van der Waals surface area contributed by atoms with Crippen LogP contribution in [0.4, 0.5) is 0 Å². The topological polar surface area (TPSA) is 0 Å². The predicted octanol–water partition coefficient (Wildman–Crippen LogP) is 4.60. The smallest absolute Gasteiger partial charge is 0.0477 e. The van der Waals surface area contributed by atoms with E-state index >= 15 is 0 Å². The zero-order valence-electron chi connectivity index (χ0n) is 8.65. The Kier molecular flexibility index (Phi) is 5.48. The normalized spacial score (nSPS) is 13.7. The van der Waals surface area contributed by atoms with E-state index in [1.54, 1.807) is 6.08 Å². The first kappa shape index (κ1) is 12.2. The lowest BCUT2D eigenvalue weighted by Gasteiger charge is -2.10. The van der Waals surface area contributed by atoms with E-state index in [1.165, 1.54) is 0 Å². The van der Waals surface area contributed by atoms with E-state index in [0.717, 1.165) is 23.1 Å². The molecule has 0 bridgehead atoms. The van der Waals surface area contributed by atoms with Gasteiger partial charge in [-0.2, -0.15) is 0 Å². The van der Waals surface area contributed by atoms with Gasteiger partial charge < -0.3 is 0 Å². The molecular formula is C12H17Cl. The minimum atomic E-state index is 0.683. The van der Waals surface area contributed by atoms with E-state index in [4.69, 9.17) is 11.6 Å². The summed E-state index contributed by atoms with van der Waals surface area (Å²) in [6.45, 7) is 13.7. The Labute approximate surface area is 86.3 Å². The van der Waals surface area contributed by atoms with E-state index in [9.17, 15) is 0 Å². The maximum absolute atomic E-state index is 6.04. The lowest BCUT2D eigenvalue weighted by molar-refractivity contribution is 1.11. The zero-order valence-corrected chi connectivity index (χ0v) is 9.41. The third-order valence-corrected chi connectivity index (χ3v) is 2.37. The Bertz CT molecular complexity index is 267. The van der Waals surface area contributed by atoms with Crippen LogP contribution in [0.15, 0.2) is 47.1 Å². The largest absolute Gasteiger partial charge is 0.0976 e.